The molecule has 1 amide bonds. The Hall–Kier alpha value is -2.24. The molecule has 6 heteroatoms. The molecular formula is C16H14ClFN2O2. The van der Waals surface area contributed by atoms with Crippen LogP contribution in [-0.2, 0) is 4.79 Å². The van der Waals surface area contributed by atoms with Gasteiger partial charge in [0.2, 0.25) is 5.91 Å². The lowest BCUT2D eigenvalue weighted by Gasteiger charge is -2.13. The molecule has 0 aliphatic heterocycles. The summed E-state index contributed by atoms with van der Waals surface area (Å²) in [6.45, 7) is 1.52. The molecule has 0 spiro atoms. The molecule has 2 aromatic carbocycles. The zero-order valence-electron chi connectivity index (χ0n) is 11.8. The highest BCUT2D eigenvalue weighted by molar-refractivity contribution is 6.31. The topological polar surface area (TPSA) is 72.2 Å². The zero-order chi connectivity index (χ0) is 16.3. The van der Waals surface area contributed by atoms with Crippen LogP contribution in [0.3, 0.4) is 0 Å². The van der Waals surface area contributed by atoms with E-state index in [1.54, 1.807) is 6.07 Å². The van der Waals surface area contributed by atoms with E-state index in [0.717, 1.165) is 0 Å². The van der Waals surface area contributed by atoms with Gasteiger partial charge in [-0.3, -0.25) is 9.59 Å². The quantitative estimate of drug-likeness (QED) is 0.851. The predicted octanol–water partition coefficient (Wildman–Crippen LogP) is 3.00. The van der Waals surface area contributed by atoms with Gasteiger partial charge in [0.1, 0.15) is 5.82 Å². The van der Waals surface area contributed by atoms with Crippen molar-refractivity contribution in [1.82, 2.24) is 0 Å². The summed E-state index contributed by atoms with van der Waals surface area (Å²) in [4.78, 5) is 24.2. The molecule has 0 bridgehead atoms. The van der Waals surface area contributed by atoms with Gasteiger partial charge >= 0.3 is 0 Å². The van der Waals surface area contributed by atoms with E-state index in [1.807, 2.05) is 0 Å². The molecule has 114 valence electrons. The van der Waals surface area contributed by atoms with Crippen molar-refractivity contribution in [3.05, 3.63) is 64.4 Å². The Morgan fingerprint density at radius 1 is 1.18 bits per heavy atom. The van der Waals surface area contributed by atoms with Crippen LogP contribution in [0.4, 0.5) is 10.1 Å². The lowest BCUT2D eigenvalue weighted by atomic mass is 10.0. The molecule has 4 nitrogen and oxygen atoms in total. The van der Waals surface area contributed by atoms with E-state index in [-0.39, 0.29) is 16.8 Å². The lowest BCUT2D eigenvalue weighted by Crippen LogP contribution is -2.33. The predicted molar refractivity (Wildman–Crippen MR) is 83.6 cm³/mol. The second kappa shape index (κ2) is 6.68. The molecule has 2 rings (SSSR count). The molecular weight excluding hydrogens is 307 g/mol. The van der Waals surface area contributed by atoms with Crippen LogP contribution in [0.5, 0.6) is 0 Å². The molecule has 0 aliphatic carbocycles. The first-order chi connectivity index (χ1) is 10.4. The molecule has 0 aromatic heterocycles. The van der Waals surface area contributed by atoms with E-state index >= 15 is 0 Å². The third kappa shape index (κ3) is 3.50. The van der Waals surface area contributed by atoms with Gasteiger partial charge in [-0.15, -0.1) is 0 Å². The minimum absolute atomic E-state index is 0.0962. The molecule has 0 radical (unpaired) electrons. The molecule has 0 aliphatic rings. The summed E-state index contributed by atoms with van der Waals surface area (Å²) in [5, 5.41) is 2.85. The minimum atomic E-state index is -0.743. The standard InChI is InChI=1S/C16H14ClFN2O2/c1-9(19)16(22)20-14-7-6-10(17)8-12(14)15(21)11-4-2-3-5-13(11)18/h2-9H,19H2,1H3,(H,20,22). The number of hydrogen-bond donors (Lipinski definition) is 2. The van der Waals surface area contributed by atoms with Gasteiger partial charge in [-0.25, -0.2) is 4.39 Å². The lowest BCUT2D eigenvalue weighted by molar-refractivity contribution is -0.117. The van der Waals surface area contributed by atoms with Crippen molar-refractivity contribution in [2.45, 2.75) is 13.0 Å². The summed E-state index contributed by atoms with van der Waals surface area (Å²) in [5.41, 5.74) is 5.74. The minimum Gasteiger partial charge on any atom is -0.324 e. The van der Waals surface area contributed by atoms with Crippen molar-refractivity contribution >= 4 is 29.0 Å². The smallest absolute Gasteiger partial charge is 0.241 e. The Balaban J connectivity index is 2.45. The maximum absolute atomic E-state index is 13.8. The van der Waals surface area contributed by atoms with Crippen LogP contribution >= 0.6 is 11.6 Å². The largest absolute Gasteiger partial charge is 0.324 e. The number of amides is 1. The summed E-state index contributed by atoms with van der Waals surface area (Å²) in [5.74, 6) is -1.66. The van der Waals surface area contributed by atoms with Crippen molar-refractivity contribution in [2.75, 3.05) is 5.32 Å². The van der Waals surface area contributed by atoms with Crippen molar-refractivity contribution in [3.8, 4) is 0 Å². The van der Waals surface area contributed by atoms with Crippen molar-refractivity contribution in [3.63, 3.8) is 0 Å². The van der Waals surface area contributed by atoms with E-state index in [1.165, 1.54) is 43.3 Å². The zero-order valence-corrected chi connectivity index (χ0v) is 12.5. The van der Waals surface area contributed by atoms with Gasteiger partial charge in [0.15, 0.2) is 5.78 Å². The molecule has 1 atom stereocenters. The molecule has 0 fully saturated rings. The number of nitrogens with two attached hydrogens (primary N) is 1. The van der Waals surface area contributed by atoms with Gasteiger partial charge in [0, 0.05) is 10.6 Å². The highest BCUT2D eigenvalue weighted by atomic mass is 35.5. The summed E-state index contributed by atoms with van der Waals surface area (Å²) >= 11 is 5.90. The Morgan fingerprint density at radius 2 is 1.86 bits per heavy atom. The Kier molecular flexibility index (Phi) is 4.90. The van der Waals surface area contributed by atoms with Crippen molar-refractivity contribution < 1.29 is 14.0 Å². The van der Waals surface area contributed by atoms with Gasteiger partial charge in [0.25, 0.3) is 0 Å². The highest BCUT2D eigenvalue weighted by Gasteiger charge is 2.19. The maximum Gasteiger partial charge on any atom is 0.241 e. The SMILES string of the molecule is CC(N)C(=O)Nc1ccc(Cl)cc1C(=O)c1ccccc1F. The molecule has 0 saturated heterocycles. The van der Waals surface area contributed by atoms with Crippen LogP contribution in [0.1, 0.15) is 22.8 Å². The number of benzene rings is 2. The van der Waals surface area contributed by atoms with Crippen LogP contribution in [0.25, 0.3) is 0 Å². The maximum atomic E-state index is 13.8. The third-order valence-corrected chi connectivity index (χ3v) is 3.25. The third-order valence-electron chi connectivity index (χ3n) is 3.02. The molecule has 0 saturated carbocycles. The molecule has 0 heterocycles. The Morgan fingerprint density at radius 3 is 2.50 bits per heavy atom. The summed E-state index contributed by atoms with van der Waals surface area (Å²) in [6.07, 6.45) is 0. The van der Waals surface area contributed by atoms with Crippen LogP contribution in [0.15, 0.2) is 42.5 Å². The van der Waals surface area contributed by atoms with Gasteiger partial charge < -0.3 is 11.1 Å². The van der Waals surface area contributed by atoms with Gasteiger partial charge in [-0.2, -0.15) is 0 Å². The fraction of sp³-hybridized carbons (Fsp3) is 0.125. The van der Waals surface area contributed by atoms with Crippen LogP contribution < -0.4 is 11.1 Å². The van der Waals surface area contributed by atoms with Crippen LogP contribution in [0.2, 0.25) is 5.02 Å². The monoisotopic (exact) mass is 320 g/mol. The number of hydrogen-bond acceptors (Lipinski definition) is 3. The number of nitrogens with one attached hydrogen (secondary N) is 1. The second-order valence-corrected chi connectivity index (χ2v) is 5.21. The molecule has 3 N–H and O–H groups in total. The highest BCUT2D eigenvalue weighted by Crippen LogP contribution is 2.24. The molecule has 1 unspecified atom stereocenters. The van der Waals surface area contributed by atoms with E-state index in [0.29, 0.717) is 5.02 Å². The first-order valence-corrected chi connectivity index (χ1v) is 6.93. The molecule has 22 heavy (non-hydrogen) atoms. The van der Waals surface area contributed by atoms with E-state index in [4.69, 9.17) is 17.3 Å². The number of carbonyl (C=O) groups is 2. The van der Waals surface area contributed by atoms with E-state index in [9.17, 15) is 14.0 Å². The summed E-state index contributed by atoms with van der Waals surface area (Å²) < 4.78 is 13.8. The van der Waals surface area contributed by atoms with Gasteiger partial charge in [-0.1, -0.05) is 23.7 Å². The average molecular weight is 321 g/mol. The van der Waals surface area contributed by atoms with Gasteiger partial charge in [-0.05, 0) is 37.3 Å². The fourth-order valence-corrected chi connectivity index (χ4v) is 2.02. The first kappa shape index (κ1) is 16.1. The summed E-state index contributed by atoms with van der Waals surface area (Å²) in [7, 11) is 0. The van der Waals surface area contributed by atoms with Crippen LogP contribution in [0, 0.1) is 5.82 Å². The van der Waals surface area contributed by atoms with Crippen molar-refractivity contribution in [2.24, 2.45) is 5.73 Å². The average Bonchev–Trinajstić information content (AvgIpc) is 2.48. The van der Waals surface area contributed by atoms with E-state index < -0.39 is 23.5 Å². The van der Waals surface area contributed by atoms with E-state index in [2.05, 4.69) is 5.32 Å². The number of anilines is 1. The Labute approximate surface area is 132 Å². The fourth-order valence-electron chi connectivity index (χ4n) is 1.85. The first-order valence-electron chi connectivity index (χ1n) is 6.55. The number of rotatable bonds is 4. The second-order valence-electron chi connectivity index (χ2n) is 4.78. The number of ketones is 1. The molecule has 2 aromatic rings. The Bertz CT molecular complexity index is 732. The van der Waals surface area contributed by atoms with Gasteiger partial charge in [0.05, 0.1) is 17.3 Å². The normalized spacial score (nSPS) is 11.8. The van der Waals surface area contributed by atoms with Crippen LogP contribution in [-0.4, -0.2) is 17.7 Å². The van der Waals surface area contributed by atoms with Crippen molar-refractivity contribution in [1.29, 1.82) is 0 Å². The number of halogens is 2. The number of carbonyl (C=O) groups excluding carboxylic acids is 2. The summed E-state index contributed by atoms with van der Waals surface area (Å²) in [6, 6.07) is 9.25.